The zero-order chi connectivity index (χ0) is 15.4. The second kappa shape index (κ2) is 6.64. The second-order valence-corrected chi connectivity index (χ2v) is 5.33. The fraction of sp³-hybridized carbons (Fsp3) is 0.235. The van der Waals surface area contributed by atoms with E-state index < -0.39 is 0 Å². The van der Waals surface area contributed by atoms with Gasteiger partial charge in [-0.1, -0.05) is 35.9 Å². The van der Waals surface area contributed by atoms with Crippen LogP contribution in [0.5, 0.6) is 5.75 Å². The molecule has 0 spiro atoms. The van der Waals surface area contributed by atoms with Gasteiger partial charge in [-0.15, -0.1) is 0 Å². The van der Waals surface area contributed by atoms with Crippen LogP contribution in [-0.2, 0) is 4.79 Å². The van der Waals surface area contributed by atoms with Crippen LogP contribution in [0.1, 0.15) is 25.5 Å². The topological polar surface area (TPSA) is 38.3 Å². The summed E-state index contributed by atoms with van der Waals surface area (Å²) in [6, 6.07) is 13.5. The van der Waals surface area contributed by atoms with E-state index in [0.717, 1.165) is 22.4 Å². The number of benzene rings is 2. The van der Waals surface area contributed by atoms with Crippen LogP contribution in [-0.4, -0.2) is 13.0 Å². The maximum absolute atomic E-state index is 11.1. The summed E-state index contributed by atoms with van der Waals surface area (Å²) in [7, 11) is 1.64. The molecule has 0 fully saturated rings. The van der Waals surface area contributed by atoms with Crippen LogP contribution >= 0.6 is 11.6 Å². The number of nitrogens with one attached hydrogen (secondary N) is 1. The summed E-state index contributed by atoms with van der Waals surface area (Å²) in [6.07, 6.45) is 0. The predicted octanol–water partition coefficient (Wildman–Crippen LogP) is 4.21. The summed E-state index contributed by atoms with van der Waals surface area (Å²) in [4.78, 5) is 11.1. The Bertz CT molecular complexity index is 638. The van der Waals surface area contributed by atoms with Crippen molar-refractivity contribution in [3.8, 4) is 16.9 Å². The maximum Gasteiger partial charge on any atom is 0.217 e. The minimum Gasteiger partial charge on any atom is -0.496 e. The molecule has 0 bridgehead atoms. The smallest absolute Gasteiger partial charge is 0.217 e. The maximum atomic E-state index is 11.1. The van der Waals surface area contributed by atoms with Gasteiger partial charge in [-0.05, 0) is 36.2 Å². The van der Waals surface area contributed by atoms with Gasteiger partial charge in [0.1, 0.15) is 5.75 Å². The van der Waals surface area contributed by atoms with Crippen LogP contribution < -0.4 is 10.1 Å². The van der Waals surface area contributed by atoms with Gasteiger partial charge < -0.3 is 10.1 Å². The first-order chi connectivity index (χ1) is 10.0. The minimum atomic E-state index is -0.0388. The lowest BCUT2D eigenvalue weighted by molar-refractivity contribution is -0.119. The van der Waals surface area contributed by atoms with E-state index in [1.165, 1.54) is 6.92 Å². The van der Waals surface area contributed by atoms with Gasteiger partial charge in [-0.2, -0.15) is 0 Å². The van der Waals surface area contributed by atoms with Crippen LogP contribution in [0, 0.1) is 0 Å². The van der Waals surface area contributed by atoms with Gasteiger partial charge in [-0.25, -0.2) is 0 Å². The Kier molecular flexibility index (Phi) is 4.86. The molecule has 0 aromatic heterocycles. The SMILES string of the molecule is COc1ccc(Cl)cc1-c1ccc([C@@H](C)NC(C)=O)cc1. The Labute approximate surface area is 129 Å². The number of carbonyl (C=O) groups is 1. The number of halogens is 1. The molecule has 0 aliphatic rings. The Balaban J connectivity index is 2.31. The van der Waals surface area contributed by atoms with Crippen molar-refractivity contribution in [2.24, 2.45) is 0 Å². The van der Waals surface area contributed by atoms with Gasteiger partial charge >= 0.3 is 0 Å². The molecule has 110 valence electrons. The quantitative estimate of drug-likeness (QED) is 0.918. The van der Waals surface area contributed by atoms with Crippen molar-refractivity contribution < 1.29 is 9.53 Å². The van der Waals surface area contributed by atoms with Crippen molar-refractivity contribution in [3.05, 3.63) is 53.1 Å². The van der Waals surface area contributed by atoms with Gasteiger partial charge in [0.2, 0.25) is 5.91 Å². The Morgan fingerprint density at radius 3 is 2.43 bits per heavy atom. The highest BCUT2D eigenvalue weighted by Gasteiger charge is 2.09. The molecule has 0 saturated carbocycles. The number of hydrogen-bond acceptors (Lipinski definition) is 2. The van der Waals surface area contributed by atoms with E-state index in [2.05, 4.69) is 5.32 Å². The normalized spacial score (nSPS) is 11.8. The molecular formula is C17H18ClNO2. The monoisotopic (exact) mass is 303 g/mol. The molecule has 2 rings (SSSR count). The zero-order valence-corrected chi connectivity index (χ0v) is 13.1. The van der Waals surface area contributed by atoms with Gasteiger partial charge in [0.15, 0.2) is 0 Å². The number of methoxy groups -OCH3 is 1. The lowest BCUT2D eigenvalue weighted by Gasteiger charge is -2.14. The molecule has 0 heterocycles. The Hall–Kier alpha value is -2.00. The van der Waals surface area contributed by atoms with Crippen LogP contribution in [0.25, 0.3) is 11.1 Å². The van der Waals surface area contributed by atoms with E-state index in [1.807, 2.05) is 43.3 Å². The molecule has 4 heteroatoms. The molecule has 1 N–H and O–H groups in total. The molecule has 21 heavy (non-hydrogen) atoms. The summed E-state index contributed by atoms with van der Waals surface area (Å²) in [5.41, 5.74) is 3.02. The highest BCUT2D eigenvalue weighted by molar-refractivity contribution is 6.31. The summed E-state index contributed by atoms with van der Waals surface area (Å²) >= 11 is 6.06. The second-order valence-electron chi connectivity index (χ2n) is 4.89. The van der Waals surface area contributed by atoms with Crippen molar-refractivity contribution in [1.82, 2.24) is 5.32 Å². The third kappa shape index (κ3) is 3.76. The number of amides is 1. The first kappa shape index (κ1) is 15.4. The summed E-state index contributed by atoms with van der Waals surface area (Å²) in [5, 5.41) is 3.53. The lowest BCUT2D eigenvalue weighted by atomic mass is 10.0. The summed E-state index contributed by atoms with van der Waals surface area (Å²) < 4.78 is 5.37. The summed E-state index contributed by atoms with van der Waals surface area (Å²) in [5.74, 6) is 0.741. The molecule has 2 aromatic carbocycles. The highest BCUT2D eigenvalue weighted by atomic mass is 35.5. The molecule has 0 unspecified atom stereocenters. The van der Waals surface area contributed by atoms with Gasteiger partial charge in [0.05, 0.1) is 13.2 Å². The van der Waals surface area contributed by atoms with Crippen molar-refractivity contribution in [3.63, 3.8) is 0 Å². The third-order valence-electron chi connectivity index (χ3n) is 3.30. The minimum absolute atomic E-state index is 0.0159. The van der Waals surface area contributed by atoms with Crippen LogP contribution in [0.3, 0.4) is 0 Å². The highest BCUT2D eigenvalue weighted by Crippen LogP contribution is 2.33. The number of hydrogen-bond donors (Lipinski definition) is 1. The molecule has 1 atom stereocenters. The van der Waals surface area contributed by atoms with Crippen molar-refractivity contribution in [1.29, 1.82) is 0 Å². The molecule has 1 amide bonds. The van der Waals surface area contributed by atoms with Gasteiger partial charge in [0, 0.05) is 17.5 Å². The fourth-order valence-corrected chi connectivity index (χ4v) is 2.42. The predicted molar refractivity (Wildman–Crippen MR) is 85.7 cm³/mol. The first-order valence-corrected chi connectivity index (χ1v) is 7.10. The van der Waals surface area contributed by atoms with Crippen LogP contribution in [0.15, 0.2) is 42.5 Å². The summed E-state index contributed by atoms with van der Waals surface area (Å²) in [6.45, 7) is 3.47. The number of carbonyl (C=O) groups excluding carboxylic acids is 1. The Morgan fingerprint density at radius 2 is 1.86 bits per heavy atom. The molecule has 0 aliphatic carbocycles. The Morgan fingerprint density at radius 1 is 1.19 bits per heavy atom. The molecule has 3 nitrogen and oxygen atoms in total. The van der Waals surface area contributed by atoms with Crippen molar-refractivity contribution in [2.45, 2.75) is 19.9 Å². The van der Waals surface area contributed by atoms with Crippen LogP contribution in [0.2, 0.25) is 5.02 Å². The van der Waals surface area contributed by atoms with E-state index >= 15 is 0 Å². The molecule has 0 radical (unpaired) electrons. The van der Waals surface area contributed by atoms with Gasteiger partial charge in [-0.3, -0.25) is 4.79 Å². The zero-order valence-electron chi connectivity index (χ0n) is 12.3. The van der Waals surface area contributed by atoms with Crippen LogP contribution in [0.4, 0.5) is 0 Å². The molecule has 2 aromatic rings. The average molecular weight is 304 g/mol. The van der Waals surface area contributed by atoms with Gasteiger partial charge in [0.25, 0.3) is 0 Å². The standard InChI is InChI=1S/C17H18ClNO2/c1-11(19-12(2)20)13-4-6-14(7-5-13)16-10-15(18)8-9-17(16)21-3/h4-11H,1-3H3,(H,19,20)/t11-/m1/s1. The lowest BCUT2D eigenvalue weighted by Crippen LogP contribution is -2.23. The third-order valence-corrected chi connectivity index (χ3v) is 3.54. The van der Waals surface area contributed by atoms with Crippen molar-refractivity contribution >= 4 is 17.5 Å². The van der Waals surface area contributed by atoms with E-state index in [0.29, 0.717) is 5.02 Å². The number of rotatable bonds is 4. The largest absolute Gasteiger partial charge is 0.496 e. The molecular weight excluding hydrogens is 286 g/mol. The average Bonchev–Trinajstić information content (AvgIpc) is 2.46. The van der Waals surface area contributed by atoms with E-state index in [1.54, 1.807) is 13.2 Å². The van der Waals surface area contributed by atoms with E-state index in [4.69, 9.17) is 16.3 Å². The fourth-order valence-electron chi connectivity index (χ4n) is 2.25. The van der Waals surface area contributed by atoms with Crippen molar-refractivity contribution in [2.75, 3.05) is 7.11 Å². The molecule has 0 saturated heterocycles. The first-order valence-electron chi connectivity index (χ1n) is 6.72. The number of ether oxygens (including phenoxy) is 1. The molecule has 0 aliphatic heterocycles. The van der Waals surface area contributed by atoms with E-state index in [9.17, 15) is 4.79 Å². The van der Waals surface area contributed by atoms with E-state index in [-0.39, 0.29) is 11.9 Å².